The van der Waals surface area contributed by atoms with Crippen molar-refractivity contribution in [3.63, 3.8) is 0 Å². The predicted octanol–water partition coefficient (Wildman–Crippen LogP) is 14.4. The Labute approximate surface area is 358 Å². The van der Waals surface area contributed by atoms with Gasteiger partial charge in [0, 0.05) is 32.8 Å². The monoisotopic (exact) mass is 791 g/mol. The van der Waals surface area contributed by atoms with Gasteiger partial charge >= 0.3 is 0 Å². The number of fused-ring (bicyclic) bond motifs is 6. The molecule has 0 spiro atoms. The zero-order valence-corrected chi connectivity index (χ0v) is 33.6. The lowest BCUT2D eigenvalue weighted by molar-refractivity contribution is 1.08. The molecular formula is C57H37N5. The van der Waals surface area contributed by atoms with Crippen LogP contribution in [0.2, 0.25) is 0 Å². The lowest BCUT2D eigenvalue weighted by atomic mass is 9.99. The van der Waals surface area contributed by atoms with E-state index in [0.29, 0.717) is 0 Å². The summed E-state index contributed by atoms with van der Waals surface area (Å²) in [5, 5.41) is 4.93. The van der Waals surface area contributed by atoms with E-state index < -0.39 is 0 Å². The maximum Gasteiger partial charge on any atom is 0.138 e. The van der Waals surface area contributed by atoms with Gasteiger partial charge in [0.05, 0.1) is 50.5 Å². The molecule has 0 saturated heterocycles. The number of hydrogen-bond donors (Lipinski definition) is 0. The van der Waals surface area contributed by atoms with Crippen molar-refractivity contribution in [3.05, 3.63) is 224 Å². The molecule has 5 aromatic heterocycles. The van der Waals surface area contributed by atoms with Crippen LogP contribution in [0.3, 0.4) is 0 Å². The van der Waals surface area contributed by atoms with Gasteiger partial charge in [-0.05, 0) is 95.1 Å². The summed E-state index contributed by atoms with van der Waals surface area (Å²) in [5.74, 6) is 0.848. The van der Waals surface area contributed by atoms with Gasteiger partial charge in [0.25, 0.3) is 0 Å². The van der Waals surface area contributed by atoms with E-state index in [1.807, 2.05) is 30.3 Å². The minimum Gasteiger partial charge on any atom is -0.309 e. The lowest BCUT2D eigenvalue weighted by Gasteiger charge is -2.12. The average molecular weight is 792 g/mol. The van der Waals surface area contributed by atoms with Crippen molar-refractivity contribution in [2.45, 2.75) is 0 Å². The Balaban J connectivity index is 0.890. The standard InChI is InChI=1S/C57H37N5/c1-2-14-38(15-3-1)42-36-51(41-30-28-39(29-31-41)40-32-34-43(35-33-40)61-53-23-8-4-16-44(53)45-17-5-9-24-54(45)61)59-52(37-42)50-21-12-20-48(58-50)49-22-13-27-57(60-49)62-55-25-10-6-18-46(55)47-19-7-11-26-56(47)62/h1-37H. The van der Waals surface area contributed by atoms with E-state index in [4.69, 9.17) is 15.0 Å². The van der Waals surface area contributed by atoms with Gasteiger partial charge in [-0.15, -0.1) is 0 Å². The van der Waals surface area contributed by atoms with Crippen molar-refractivity contribution >= 4 is 43.6 Å². The molecule has 0 radical (unpaired) electrons. The van der Waals surface area contributed by atoms with E-state index in [-0.39, 0.29) is 0 Å². The molecule has 0 aliphatic heterocycles. The lowest BCUT2D eigenvalue weighted by Crippen LogP contribution is -1.99. The molecule has 12 aromatic rings. The van der Waals surface area contributed by atoms with E-state index in [9.17, 15) is 0 Å². The number of aromatic nitrogens is 5. The molecule has 0 aliphatic rings. The molecule has 5 heterocycles. The normalized spacial score (nSPS) is 11.5. The van der Waals surface area contributed by atoms with Crippen LogP contribution in [-0.2, 0) is 0 Å². The number of benzene rings is 7. The van der Waals surface area contributed by atoms with Crippen molar-refractivity contribution in [2.75, 3.05) is 0 Å². The summed E-state index contributed by atoms with van der Waals surface area (Å²) in [7, 11) is 0. The van der Waals surface area contributed by atoms with Crippen LogP contribution in [0.1, 0.15) is 0 Å². The molecule has 0 aliphatic carbocycles. The Morgan fingerprint density at radius 3 is 1.23 bits per heavy atom. The number of hydrogen-bond acceptors (Lipinski definition) is 3. The molecule has 0 saturated carbocycles. The maximum atomic E-state index is 5.26. The molecule has 7 aromatic carbocycles. The Morgan fingerprint density at radius 1 is 0.242 bits per heavy atom. The molecule has 0 N–H and O–H groups in total. The van der Waals surface area contributed by atoms with Crippen molar-refractivity contribution in [1.29, 1.82) is 0 Å². The predicted molar refractivity (Wildman–Crippen MR) is 256 cm³/mol. The molecule has 5 nitrogen and oxygen atoms in total. The van der Waals surface area contributed by atoms with Crippen LogP contribution < -0.4 is 0 Å². The first-order valence-electron chi connectivity index (χ1n) is 20.9. The van der Waals surface area contributed by atoms with Crippen molar-refractivity contribution < 1.29 is 0 Å². The summed E-state index contributed by atoms with van der Waals surface area (Å²) in [6.45, 7) is 0. The second-order valence-corrected chi connectivity index (χ2v) is 15.6. The van der Waals surface area contributed by atoms with Gasteiger partial charge < -0.3 is 4.57 Å². The molecule has 62 heavy (non-hydrogen) atoms. The van der Waals surface area contributed by atoms with Gasteiger partial charge in [0.1, 0.15) is 5.82 Å². The second-order valence-electron chi connectivity index (χ2n) is 15.6. The van der Waals surface area contributed by atoms with E-state index >= 15 is 0 Å². The zero-order valence-electron chi connectivity index (χ0n) is 33.6. The first-order chi connectivity index (χ1) is 30.7. The van der Waals surface area contributed by atoms with E-state index in [0.717, 1.165) is 78.8 Å². The summed E-state index contributed by atoms with van der Waals surface area (Å²) in [6, 6.07) is 78.9. The fourth-order valence-corrected chi connectivity index (χ4v) is 9.02. The molecule has 0 amide bonds. The van der Waals surface area contributed by atoms with Crippen molar-refractivity contribution in [3.8, 4) is 67.8 Å². The minimum atomic E-state index is 0.783. The Morgan fingerprint density at radius 2 is 0.645 bits per heavy atom. The molecule has 290 valence electrons. The van der Waals surface area contributed by atoms with E-state index in [2.05, 4.69) is 203 Å². The van der Waals surface area contributed by atoms with Crippen LogP contribution in [0, 0.1) is 0 Å². The third-order valence-electron chi connectivity index (χ3n) is 12.0. The smallest absolute Gasteiger partial charge is 0.138 e. The van der Waals surface area contributed by atoms with Crippen LogP contribution in [0.4, 0.5) is 0 Å². The highest BCUT2D eigenvalue weighted by molar-refractivity contribution is 6.10. The maximum absolute atomic E-state index is 5.26. The van der Waals surface area contributed by atoms with Crippen LogP contribution >= 0.6 is 0 Å². The first kappa shape index (κ1) is 35.5. The summed E-state index contributed by atoms with van der Waals surface area (Å²) in [4.78, 5) is 15.7. The highest BCUT2D eigenvalue weighted by atomic mass is 15.1. The van der Waals surface area contributed by atoms with Gasteiger partial charge in [-0.3, -0.25) is 4.57 Å². The number of para-hydroxylation sites is 4. The third kappa shape index (κ3) is 6.06. The molecule has 0 fully saturated rings. The largest absolute Gasteiger partial charge is 0.309 e. The van der Waals surface area contributed by atoms with Crippen LogP contribution in [0.5, 0.6) is 0 Å². The van der Waals surface area contributed by atoms with E-state index in [1.165, 1.54) is 32.6 Å². The highest BCUT2D eigenvalue weighted by Crippen LogP contribution is 2.36. The van der Waals surface area contributed by atoms with Crippen LogP contribution in [-0.4, -0.2) is 24.1 Å². The molecule has 0 bridgehead atoms. The summed E-state index contributed by atoms with van der Waals surface area (Å²) < 4.78 is 4.59. The fraction of sp³-hybridized carbons (Fsp3) is 0. The first-order valence-corrected chi connectivity index (χ1v) is 20.9. The third-order valence-corrected chi connectivity index (χ3v) is 12.0. The average Bonchev–Trinajstić information content (AvgIpc) is 3.87. The number of rotatable bonds is 7. The van der Waals surface area contributed by atoms with Gasteiger partial charge in [-0.1, -0.05) is 152 Å². The van der Waals surface area contributed by atoms with Crippen molar-refractivity contribution in [1.82, 2.24) is 24.1 Å². The zero-order chi connectivity index (χ0) is 41.0. The molecule has 12 rings (SSSR count). The van der Waals surface area contributed by atoms with Crippen LogP contribution in [0.25, 0.3) is 111 Å². The Hall–Kier alpha value is -8.41. The topological polar surface area (TPSA) is 48.5 Å². The molecule has 0 unspecified atom stereocenters. The van der Waals surface area contributed by atoms with Gasteiger partial charge in [0.15, 0.2) is 0 Å². The summed E-state index contributed by atoms with van der Waals surface area (Å²) >= 11 is 0. The van der Waals surface area contributed by atoms with Gasteiger partial charge in [-0.25, -0.2) is 15.0 Å². The molecule has 0 atom stereocenters. The van der Waals surface area contributed by atoms with Gasteiger partial charge in [-0.2, -0.15) is 0 Å². The van der Waals surface area contributed by atoms with Crippen LogP contribution in [0.15, 0.2) is 224 Å². The highest BCUT2D eigenvalue weighted by Gasteiger charge is 2.16. The van der Waals surface area contributed by atoms with E-state index in [1.54, 1.807) is 0 Å². The summed E-state index contributed by atoms with van der Waals surface area (Å²) in [5.41, 5.74) is 15.4. The second kappa shape index (κ2) is 14.7. The minimum absolute atomic E-state index is 0.783. The fourth-order valence-electron chi connectivity index (χ4n) is 9.02. The number of nitrogens with zero attached hydrogens (tertiary/aromatic N) is 5. The summed E-state index contributed by atoms with van der Waals surface area (Å²) in [6.07, 6.45) is 0. The quantitative estimate of drug-likeness (QED) is 0.162. The molecule has 5 heteroatoms. The SMILES string of the molecule is c1ccc(-c2cc(-c3ccc(-c4ccc(-n5c6ccccc6c6ccccc65)cc4)cc3)nc(-c3cccc(-c4cccc(-n5c6ccccc6c6ccccc65)n4)n3)c2)cc1. The Kier molecular flexibility index (Phi) is 8.42. The van der Waals surface area contributed by atoms with Crippen molar-refractivity contribution in [2.24, 2.45) is 0 Å². The van der Waals surface area contributed by atoms with Gasteiger partial charge in [0.2, 0.25) is 0 Å². The number of pyridine rings is 3. The Bertz CT molecular complexity index is 3510. The molecular weight excluding hydrogens is 755 g/mol.